The van der Waals surface area contributed by atoms with Crippen LogP contribution < -0.4 is 0 Å². The zero-order chi connectivity index (χ0) is 21.3. The number of hydrogen-bond acceptors (Lipinski definition) is 6. The number of amides is 2. The van der Waals surface area contributed by atoms with Gasteiger partial charge in [-0.1, -0.05) is 0 Å². The zero-order valence-electron chi connectivity index (χ0n) is 15.7. The molecule has 1 fully saturated rings. The van der Waals surface area contributed by atoms with Crippen molar-refractivity contribution in [2.75, 3.05) is 7.11 Å². The standard InChI is InChI=1S/C21H15FN2O5S/c1-28-20(26)17-9-8-16(29-17)12-24-19(25)18(30-21(24)27)11-15-3-2-10-23(15)14-6-4-13(22)5-7-14/h2-11H,12H2,1H3. The van der Waals surface area contributed by atoms with Crippen molar-refractivity contribution in [3.8, 4) is 5.69 Å². The van der Waals surface area contributed by atoms with Gasteiger partial charge < -0.3 is 13.7 Å². The summed E-state index contributed by atoms with van der Waals surface area (Å²) in [6.45, 7) is -0.0992. The number of furan rings is 1. The first-order chi connectivity index (χ1) is 14.5. The molecule has 3 heterocycles. The number of rotatable bonds is 5. The molecule has 1 aliphatic rings. The van der Waals surface area contributed by atoms with E-state index in [2.05, 4.69) is 4.74 Å². The fraction of sp³-hybridized carbons (Fsp3) is 0.0952. The predicted molar refractivity (Wildman–Crippen MR) is 107 cm³/mol. The van der Waals surface area contributed by atoms with Gasteiger partial charge in [-0.25, -0.2) is 9.18 Å². The number of carbonyl (C=O) groups is 3. The molecular weight excluding hydrogens is 411 g/mol. The van der Waals surface area contributed by atoms with E-state index in [1.54, 1.807) is 41.1 Å². The monoisotopic (exact) mass is 426 g/mol. The number of carbonyl (C=O) groups excluding carboxylic acids is 3. The Balaban J connectivity index is 1.55. The van der Waals surface area contributed by atoms with Gasteiger partial charge in [0.1, 0.15) is 11.6 Å². The van der Waals surface area contributed by atoms with Crippen LogP contribution in [0.2, 0.25) is 0 Å². The first-order valence-electron chi connectivity index (χ1n) is 8.82. The average Bonchev–Trinajstić information content (AvgIpc) is 3.45. The molecule has 0 radical (unpaired) electrons. The van der Waals surface area contributed by atoms with E-state index in [0.29, 0.717) is 5.69 Å². The number of hydrogen-bond donors (Lipinski definition) is 0. The second-order valence-corrected chi connectivity index (χ2v) is 7.30. The van der Waals surface area contributed by atoms with Crippen LogP contribution in [0.5, 0.6) is 0 Å². The zero-order valence-corrected chi connectivity index (χ0v) is 16.5. The van der Waals surface area contributed by atoms with Gasteiger partial charge in [0.25, 0.3) is 11.1 Å². The summed E-state index contributed by atoms with van der Waals surface area (Å²) < 4.78 is 24.9. The van der Waals surface area contributed by atoms with Crippen molar-refractivity contribution in [3.63, 3.8) is 0 Å². The Morgan fingerprint density at radius 2 is 1.93 bits per heavy atom. The van der Waals surface area contributed by atoms with E-state index in [0.717, 1.165) is 22.3 Å². The van der Waals surface area contributed by atoms with Crippen LogP contribution in [0.1, 0.15) is 22.0 Å². The fourth-order valence-electron chi connectivity index (χ4n) is 2.95. The lowest BCUT2D eigenvalue weighted by Crippen LogP contribution is -2.27. The molecule has 0 atom stereocenters. The lowest BCUT2D eigenvalue weighted by atomic mass is 10.3. The Kier molecular flexibility index (Phi) is 5.28. The molecule has 0 bridgehead atoms. The summed E-state index contributed by atoms with van der Waals surface area (Å²) in [7, 11) is 1.23. The molecule has 2 amide bonds. The highest BCUT2D eigenvalue weighted by molar-refractivity contribution is 8.18. The first-order valence-corrected chi connectivity index (χ1v) is 9.63. The van der Waals surface area contributed by atoms with Crippen molar-refractivity contribution in [3.05, 3.63) is 82.7 Å². The molecule has 152 valence electrons. The van der Waals surface area contributed by atoms with Gasteiger partial charge in [-0.2, -0.15) is 0 Å². The highest BCUT2D eigenvalue weighted by Crippen LogP contribution is 2.34. The van der Waals surface area contributed by atoms with Crippen molar-refractivity contribution >= 4 is 35.0 Å². The highest BCUT2D eigenvalue weighted by atomic mass is 32.2. The van der Waals surface area contributed by atoms with E-state index < -0.39 is 17.1 Å². The number of ether oxygens (including phenoxy) is 1. The van der Waals surface area contributed by atoms with Crippen LogP contribution in [0.3, 0.4) is 0 Å². The molecular formula is C21H15FN2O5S. The summed E-state index contributed by atoms with van der Waals surface area (Å²) >= 11 is 0.815. The van der Waals surface area contributed by atoms with Gasteiger partial charge in [0.05, 0.1) is 18.6 Å². The summed E-state index contributed by atoms with van der Waals surface area (Å²) in [4.78, 5) is 37.9. The van der Waals surface area contributed by atoms with Crippen LogP contribution in [-0.4, -0.2) is 33.7 Å². The predicted octanol–water partition coefficient (Wildman–Crippen LogP) is 4.23. The van der Waals surface area contributed by atoms with E-state index in [9.17, 15) is 18.8 Å². The summed E-state index contributed by atoms with van der Waals surface area (Å²) in [6.07, 6.45) is 3.39. The Morgan fingerprint density at radius 3 is 2.67 bits per heavy atom. The third kappa shape index (κ3) is 3.79. The van der Waals surface area contributed by atoms with E-state index in [1.807, 2.05) is 0 Å². The molecule has 2 aromatic heterocycles. The Labute approximate surface area is 174 Å². The molecule has 9 heteroatoms. The van der Waals surface area contributed by atoms with Crippen molar-refractivity contribution in [1.82, 2.24) is 9.47 Å². The van der Waals surface area contributed by atoms with Crippen LogP contribution in [0.25, 0.3) is 11.8 Å². The number of imide groups is 1. The molecule has 3 aromatic rings. The molecule has 30 heavy (non-hydrogen) atoms. The Hall–Kier alpha value is -3.59. The van der Waals surface area contributed by atoms with Gasteiger partial charge in [-0.3, -0.25) is 14.5 Å². The average molecular weight is 426 g/mol. The van der Waals surface area contributed by atoms with Crippen molar-refractivity contribution < 1.29 is 27.9 Å². The largest absolute Gasteiger partial charge is 0.463 e. The Bertz CT molecular complexity index is 1160. The van der Waals surface area contributed by atoms with Gasteiger partial charge in [-0.15, -0.1) is 0 Å². The van der Waals surface area contributed by atoms with Gasteiger partial charge >= 0.3 is 5.97 Å². The second kappa shape index (κ2) is 8.03. The highest BCUT2D eigenvalue weighted by Gasteiger charge is 2.36. The van der Waals surface area contributed by atoms with E-state index in [4.69, 9.17) is 4.42 Å². The van der Waals surface area contributed by atoms with Crippen LogP contribution in [0.4, 0.5) is 9.18 Å². The molecule has 0 spiro atoms. The third-order valence-electron chi connectivity index (χ3n) is 4.40. The van der Waals surface area contributed by atoms with Crippen LogP contribution in [-0.2, 0) is 16.1 Å². The number of methoxy groups -OCH3 is 1. The number of thioether (sulfide) groups is 1. The first kappa shape index (κ1) is 19.7. The fourth-order valence-corrected chi connectivity index (χ4v) is 3.77. The molecule has 1 saturated heterocycles. The number of halogens is 1. The second-order valence-electron chi connectivity index (χ2n) is 6.30. The summed E-state index contributed by atoms with van der Waals surface area (Å²) in [5.74, 6) is -1.17. The van der Waals surface area contributed by atoms with Crippen molar-refractivity contribution in [2.45, 2.75) is 6.54 Å². The van der Waals surface area contributed by atoms with Crippen LogP contribution >= 0.6 is 11.8 Å². The maximum atomic E-state index is 13.2. The lowest BCUT2D eigenvalue weighted by Gasteiger charge is -2.10. The molecule has 4 rings (SSSR count). The van der Waals surface area contributed by atoms with Gasteiger partial charge in [0, 0.05) is 17.6 Å². The summed E-state index contributed by atoms with van der Waals surface area (Å²) in [6, 6.07) is 12.4. The van der Waals surface area contributed by atoms with Crippen molar-refractivity contribution in [2.24, 2.45) is 0 Å². The number of nitrogens with zero attached hydrogens (tertiary/aromatic N) is 2. The number of benzene rings is 1. The molecule has 1 aromatic carbocycles. The van der Waals surface area contributed by atoms with Gasteiger partial charge in [0.2, 0.25) is 5.76 Å². The SMILES string of the molecule is COC(=O)c1ccc(CN2C(=O)SC(=Cc3cccn3-c3ccc(F)cc3)C2=O)o1. The minimum absolute atomic E-state index is 0.00728. The minimum atomic E-state index is -0.642. The van der Waals surface area contributed by atoms with Gasteiger partial charge in [-0.05, 0) is 66.4 Å². The van der Waals surface area contributed by atoms with Gasteiger partial charge in [0.15, 0.2) is 0 Å². The number of esters is 1. The normalized spacial score (nSPS) is 15.3. The van der Waals surface area contributed by atoms with Crippen molar-refractivity contribution in [1.29, 1.82) is 0 Å². The molecule has 0 saturated carbocycles. The quantitative estimate of drug-likeness (QED) is 0.449. The number of aromatic nitrogens is 1. The van der Waals surface area contributed by atoms with E-state index in [-0.39, 0.29) is 28.8 Å². The maximum Gasteiger partial charge on any atom is 0.373 e. The Morgan fingerprint density at radius 1 is 1.17 bits per heavy atom. The van der Waals surface area contributed by atoms with Crippen LogP contribution in [0.15, 0.2) is 64.1 Å². The molecule has 1 aliphatic heterocycles. The van der Waals surface area contributed by atoms with E-state index >= 15 is 0 Å². The molecule has 0 N–H and O–H groups in total. The summed E-state index contributed by atoms with van der Waals surface area (Å²) in [5, 5.41) is -0.442. The minimum Gasteiger partial charge on any atom is -0.463 e. The molecule has 0 aliphatic carbocycles. The van der Waals surface area contributed by atoms with Crippen LogP contribution in [0, 0.1) is 5.82 Å². The molecule has 7 nitrogen and oxygen atoms in total. The van der Waals surface area contributed by atoms with E-state index in [1.165, 1.54) is 31.4 Å². The molecule has 0 unspecified atom stereocenters. The summed E-state index contributed by atoms with van der Waals surface area (Å²) in [5.41, 5.74) is 1.39. The topological polar surface area (TPSA) is 81.8 Å². The smallest absolute Gasteiger partial charge is 0.373 e. The lowest BCUT2D eigenvalue weighted by molar-refractivity contribution is -0.123. The third-order valence-corrected chi connectivity index (χ3v) is 5.31. The maximum absolute atomic E-state index is 13.2.